The van der Waals surface area contributed by atoms with Crippen molar-refractivity contribution < 1.29 is 18.9 Å². The number of ether oxygens (including phenoxy) is 4. The zero-order valence-electron chi connectivity index (χ0n) is 18.0. The van der Waals surface area contributed by atoms with Crippen molar-refractivity contribution >= 4 is 17.9 Å². The molecule has 0 amide bonds. The Morgan fingerprint density at radius 1 is 1.19 bits per heavy atom. The van der Waals surface area contributed by atoms with Crippen LogP contribution in [0.4, 0.5) is 5.69 Å². The van der Waals surface area contributed by atoms with Gasteiger partial charge in [-0.25, -0.2) is 9.98 Å². The maximum absolute atomic E-state index is 9.45. The van der Waals surface area contributed by atoms with Crippen LogP contribution >= 0.6 is 0 Å². The van der Waals surface area contributed by atoms with E-state index < -0.39 is 5.60 Å². The minimum Gasteiger partial charge on any atom is -0.382 e. The Morgan fingerprint density at radius 3 is 2.77 bits per heavy atom. The number of fused-ring (bicyclic) bond motifs is 4. The van der Waals surface area contributed by atoms with Gasteiger partial charge in [0.25, 0.3) is 0 Å². The number of rotatable bonds is 8. The molecule has 162 valence electrons. The lowest BCUT2D eigenvalue weighted by molar-refractivity contribution is -0.106. The highest BCUT2D eigenvalue weighted by molar-refractivity contribution is 6.11. The van der Waals surface area contributed by atoms with Gasteiger partial charge in [-0.05, 0) is 31.2 Å². The first-order valence-electron chi connectivity index (χ1n) is 10.2. The van der Waals surface area contributed by atoms with Crippen LogP contribution in [0.15, 0.2) is 51.6 Å². The van der Waals surface area contributed by atoms with Crippen molar-refractivity contribution in [2.45, 2.75) is 25.2 Å². The summed E-state index contributed by atoms with van der Waals surface area (Å²) in [5.41, 5.74) is 3.31. The van der Waals surface area contributed by atoms with Crippen LogP contribution in [0.25, 0.3) is 0 Å². The molecule has 0 saturated carbocycles. The predicted molar refractivity (Wildman–Crippen MR) is 116 cm³/mol. The van der Waals surface area contributed by atoms with Gasteiger partial charge in [0, 0.05) is 25.4 Å². The number of aliphatic imine (C=N–C) groups is 2. The maximum atomic E-state index is 9.45. The second kappa shape index (κ2) is 9.12. The van der Waals surface area contributed by atoms with Crippen LogP contribution in [-0.4, -0.2) is 69.4 Å². The van der Waals surface area contributed by atoms with Crippen LogP contribution in [-0.2, 0) is 25.5 Å². The fourth-order valence-corrected chi connectivity index (χ4v) is 3.89. The molecule has 1 aromatic carbocycles. The second-order valence-corrected chi connectivity index (χ2v) is 7.64. The number of methoxy groups -OCH3 is 2. The lowest BCUT2D eigenvalue weighted by Crippen LogP contribution is -2.47. The number of benzene rings is 1. The summed E-state index contributed by atoms with van der Waals surface area (Å²) in [7, 11) is 3.29. The van der Waals surface area contributed by atoms with Crippen LogP contribution in [0.5, 0.6) is 0 Å². The van der Waals surface area contributed by atoms with Crippen LogP contribution in [0.3, 0.4) is 0 Å². The summed E-state index contributed by atoms with van der Waals surface area (Å²) >= 11 is 0. The lowest BCUT2D eigenvalue weighted by Gasteiger charge is -2.40. The summed E-state index contributed by atoms with van der Waals surface area (Å²) in [6.07, 6.45) is 5.45. The molecule has 2 heterocycles. The molecule has 0 aromatic heterocycles. The van der Waals surface area contributed by atoms with Crippen LogP contribution < -0.4 is 0 Å². The van der Waals surface area contributed by atoms with E-state index in [2.05, 4.69) is 11.1 Å². The molecule has 1 unspecified atom stereocenters. The summed E-state index contributed by atoms with van der Waals surface area (Å²) in [5.74, 6) is 0.792. The minimum atomic E-state index is -0.721. The summed E-state index contributed by atoms with van der Waals surface area (Å²) in [6.45, 7) is 4.38. The summed E-state index contributed by atoms with van der Waals surface area (Å²) in [4.78, 5) is 11.5. The standard InChI is InChI=1S/C23H26N4O4/c1-23(31-10-8-29-3)12-17-20(11-21(23)30-9-7-28-2)25-15-27-14-18-16(13-24)5-4-6-19(18)26-22(17)27/h4-6,11-12,15,21H,7-10,14H2,1-3H3/t21?,23-/m1/s1. The highest BCUT2D eigenvalue weighted by Crippen LogP contribution is 2.38. The quantitative estimate of drug-likeness (QED) is 0.599. The molecule has 0 saturated heterocycles. The lowest BCUT2D eigenvalue weighted by atomic mass is 9.86. The highest BCUT2D eigenvalue weighted by Gasteiger charge is 2.41. The van der Waals surface area contributed by atoms with Crippen molar-refractivity contribution in [1.29, 1.82) is 5.26 Å². The number of nitriles is 1. The molecular formula is C23H26N4O4. The summed E-state index contributed by atoms with van der Waals surface area (Å²) in [5, 5.41) is 9.45. The van der Waals surface area contributed by atoms with Gasteiger partial charge in [-0.15, -0.1) is 0 Å². The van der Waals surface area contributed by atoms with Crippen molar-refractivity contribution in [2.75, 3.05) is 40.6 Å². The van der Waals surface area contributed by atoms with E-state index in [1.54, 1.807) is 20.6 Å². The zero-order valence-corrected chi connectivity index (χ0v) is 18.0. The Morgan fingerprint density at radius 2 is 2.00 bits per heavy atom. The molecule has 0 fully saturated rings. The topological polar surface area (TPSA) is 88.7 Å². The normalized spacial score (nSPS) is 23.7. The van der Waals surface area contributed by atoms with Crippen molar-refractivity contribution in [3.8, 4) is 6.07 Å². The Bertz CT molecular complexity index is 1010. The Balaban J connectivity index is 1.71. The third-order valence-electron chi connectivity index (χ3n) is 5.54. The molecule has 0 radical (unpaired) electrons. The van der Waals surface area contributed by atoms with Crippen LogP contribution in [0.1, 0.15) is 18.1 Å². The molecule has 2 atom stereocenters. The molecule has 3 aliphatic rings. The molecule has 8 nitrogen and oxygen atoms in total. The summed E-state index contributed by atoms with van der Waals surface area (Å²) < 4.78 is 22.6. The third-order valence-corrected chi connectivity index (χ3v) is 5.54. The summed E-state index contributed by atoms with van der Waals surface area (Å²) in [6, 6.07) is 7.86. The first-order valence-corrected chi connectivity index (χ1v) is 10.2. The van der Waals surface area contributed by atoms with Gasteiger partial charge in [0.1, 0.15) is 17.5 Å². The monoisotopic (exact) mass is 422 g/mol. The van der Waals surface area contributed by atoms with Gasteiger partial charge in [0.15, 0.2) is 0 Å². The van der Waals surface area contributed by atoms with Crippen molar-refractivity contribution in [3.63, 3.8) is 0 Å². The number of hydrogen-bond acceptors (Lipinski definition) is 8. The number of nitrogens with zero attached hydrogens (tertiary/aromatic N) is 4. The van der Waals surface area contributed by atoms with E-state index in [-0.39, 0.29) is 6.10 Å². The Hall–Kier alpha value is -2.83. The molecule has 2 aliphatic heterocycles. The molecule has 0 bridgehead atoms. The van der Waals surface area contributed by atoms with E-state index in [4.69, 9.17) is 23.9 Å². The van der Waals surface area contributed by atoms with Crippen LogP contribution in [0.2, 0.25) is 0 Å². The van der Waals surface area contributed by atoms with E-state index in [1.165, 1.54) is 0 Å². The largest absolute Gasteiger partial charge is 0.382 e. The average molecular weight is 422 g/mol. The van der Waals surface area contributed by atoms with Gasteiger partial charge in [-0.1, -0.05) is 6.07 Å². The Labute approximate surface area is 182 Å². The van der Waals surface area contributed by atoms with Crippen molar-refractivity contribution in [3.05, 3.63) is 52.7 Å². The van der Waals surface area contributed by atoms with Gasteiger partial charge >= 0.3 is 0 Å². The molecule has 1 aromatic rings. The highest BCUT2D eigenvalue weighted by atomic mass is 16.6. The van der Waals surface area contributed by atoms with E-state index in [0.29, 0.717) is 38.5 Å². The predicted octanol–water partition coefficient (Wildman–Crippen LogP) is 2.72. The number of amidine groups is 1. The molecule has 31 heavy (non-hydrogen) atoms. The van der Waals surface area contributed by atoms with E-state index in [0.717, 1.165) is 28.4 Å². The SMILES string of the molecule is COCCOC1C=C2N=CN3Cc4c(C#N)cccc4N=C3C2=C[C@@]1(C)OCCOC. The second-order valence-electron chi connectivity index (χ2n) is 7.64. The molecule has 1 aliphatic carbocycles. The molecule has 4 rings (SSSR count). The van der Waals surface area contributed by atoms with E-state index >= 15 is 0 Å². The van der Waals surface area contributed by atoms with Gasteiger partial charge in [0.05, 0.1) is 62.3 Å². The van der Waals surface area contributed by atoms with Crippen molar-refractivity contribution in [1.82, 2.24) is 4.90 Å². The van der Waals surface area contributed by atoms with Gasteiger partial charge in [0.2, 0.25) is 0 Å². The Kier molecular flexibility index (Phi) is 6.30. The molecule has 8 heteroatoms. The van der Waals surface area contributed by atoms with Crippen LogP contribution in [0, 0.1) is 11.3 Å². The van der Waals surface area contributed by atoms with E-state index in [1.807, 2.05) is 42.2 Å². The van der Waals surface area contributed by atoms with Gasteiger partial charge < -0.3 is 23.8 Å². The zero-order chi connectivity index (χ0) is 21.8. The van der Waals surface area contributed by atoms with Gasteiger partial charge in [-0.3, -0.25) is 0 Å². The fraction of sp³-hybridized carbons (Fsp3) is 0.435. The molecule has 0 N–H and O–H groups in total. The average Bonchev–Trinajstić information content (AvgIpc) is 2.78. The molecule has 0 spiro atoms. The van der Waals surface area contributed by atoms with E-state index in [9.17, 15) is 5.26 Å². The minimum absolute atomic E-state index is 0.330. The first-order chi connectivity index (χ1) is 15.1. The third kappa shape index (κ3) is 4.18. The number of hydrogen-bond donors (Lipinski definition) is 0. The van der Waals surface area contributed by atoms with Gasteiger partial charge in [-0.2, -0.15) is 5.26 Å². The maximum Gasteiger partial charge on any atom is 0.143 e. The molecular weight excluding hydrogens is 396 g/mol. The smallest absolute Gasteiger partial charge is 0.143 e. The first kappa shape index (κ1) is 21.4. The van der Waals surface area contributed by atoms with Crippen molar-refractivity contribution in [2.24, 2.45) is 9.98 Å². The fourth-order valence-electron chi connectivity index (χ4n) is 3.89.